The molecule has 3 rings (SSSR count). The summed E-state index contributed by atoms with van der Waals surface area (Å²) in [5.74, 6) is 0. The molecule has 78 valence electrons. The van der Waals surface area contributed by atoms with Crippen LogP contribution in [-0.4, -0.2) is 15.0 Å². The molecule has 0 aliphatic rings. The van der Waals surface area contributed by atoms with Crippen molar-refractivity contribution in [3.05, 3.63) is 54.2 Å². The van der Waals surface area contributed by atoms with Crippen molar-refractivity contribution in [1.29, 1.82) is 0 Å². The van der Waals surface area contributed by atoms with Crippen molar-refractivity contribution in [2.24, 2.45) is 0 Å². The van der Waals surface area contributed by atoms with E-state index >= 15 is 0 Å². The molecule has 16 heavy (non-hydrogen) atoms. The van der Waals surface area contributed by atoms with E-state index < -0.39 is 0 Å². The summed E-state index contributed by atoms with van der Waals surface area (Å²) >= 11 is 1.73. The third-order valence-electron chi connectivity index (χ3n) is 2.36. The van der Waals surface area contributed by atoms with Crippen LogP contribution < -0.4 is 0 Å². The van der Waals surface area contributed by atoms with Gasteiger partial charge in [0.1, 0.15) is 0 Å². The van der Waals surface area contributed by atoms with Gasteiger partial charge in [-0.3, -0.25) is 0 Å². The van der Waals surface area contributed by atoms with E-state index in [4.69, 9.17) is 0 Å². The second-order valence-corrected chi connectivity index (χ2v) is 4.29. The van der Waals surface area contributed by atoms with Crippen molar-refractivity contribution >= 4 is 11.3 Å². The Morgan fingerprint density at radius 3 is 2.75 bits per heavy atom. The van der Waals surface area contributed by atoms with E-state index in [1.807, 2.05) is 24.4 Å². The van der Waals surface area contributed by atoms with Crippen LogP contribution in [0.25, 0.3) is 16.1 Å². The summed E-state index contributed by atoms with van der Waals surface area (Å²) in [6, 6.07) is 12.4. The van der Waals surface area contributed by atoms with Crippen molar-refractivity contribution in [3.63, 3.8) is 0 Å². The Morgan fingerprint density at radius 1 is 1.06 bits per heavy atom. The van der Waals surface area contributed by atoms with Crippen LogP contribution >= 0.6 is 11.3 Å². The van der Waals surface area contributed by atoms with Crippen LogP contribution in [0.3, 0.4) is 0 Å². The molecule has 0 N–H and O–H groups in total. The van der Waals surface area contributed by atoms with Crippen LogP contribution in [0.5, 0.6) is 0 Å². The van der Waals surface area contributed by atoms with E-state index in [0.29, 0.717) is 0 Å². The minimum atomic E-state index is 1.06. The molecule has 0 unspecified atom stereocenters. The Kier molecular flexibility index (Phi) is 2.27. The van der Waals surface area contributed by atoms with Gasteiger partial charge in [0.25, 0.3) is 0 Å². The molecule has 2 heterocycles. The molecule has 0 fully saturated rings. The second kappa shape index (κ2) is 3.90. The Labute approximate surface area is 97.0 Å². The Hall–Kier alpha value is -1.94. The SMILES string of the molecule is c1csc(-c2ccccc2-n2ccnn2)c1. The van der Waals surface area contributed by atoms with Crippen LogP contribution in [0.2, 0.25) is 0 Å². The van der Waals surface area contributed by atoms with E-state index in [9.17, 15) is 0 Å². The molecule has 0 amide bonds. The monoisotopic (exact) mass is 227 g/mol. The summed E-state index contributed by atoms with van der Waals surface area (Å²) in [6.07, 6.45) is 3.54. The fourth-order valence-corrected chi connectivity index (χ4v) is 2.41. The summed E-state index contributed by atoms with van der Waals surface area (Å²) < 4.78 is 1.79. The standard InChI is InChI=1S/C12H9N3S/c1-2-5-11(15-8-7-13-14-15)10(4-1)12-6-3-9-16-12/h1-9H. The van der Waals surface area contributed by atoms with Gasteiger partial charge in [-0.2, -0.15) is 0 Å². The average molecular weight is 227 g/mol. The van der Waals surface area contributed by atoms with Gasteiger partial charge >= 0.3 is 0 Å². The highest BCUT2D eigenvalue weighted by Crippen LogP contribution is 2.29. The van der Waals surface area contributed by atoms with Gasteiger partial charge in [-0.05, 0) is 17.5 Å². The smallest absolute Gasteiger partial charge is 0.0750 e. The van der Waals surface area contributed by atoms with Crippen molar-refractivity contribution in [2.75, 3.05) is 0 Å². The summed E-state index contributed by atoms with van der Waals surface area (Å²) in [4.78, 5) is 1.24. The second-order valence-electron chi connectivity index (χ2n) is 3.34. The van der Waals surface area contributed by atoms with E-state index in [1.54, 1.807) is 22.2 Å². The van der Waals surface area contributed by atoms with Crippen LogP contribution in [-0.2, 0) is 0 Å². The van der Waals surface area contributed by atoms with Crippen LogP contribution in [0, 0.1) is 0 Å². The third-order valence-corrected chi connectivity index (χ3v) is 3.26. The van der Waals surface area contributed by atoms with E-state index in [-0.39, 0.29) is 0 Å². The van der Waals surface area contributed by atoms with Gasteiger partial charge in [-0.25, -0.2) is 4.68 Å². The highest BCUT2D eigenvalue weighted by Gasteiger charge is 2.07. The molecule has 3 nitrogen and oxygen atoms in total. The zero-order valence-corrected chi connectivity index (χ0v) is 9.26. The van der Waals surface area contributed by atoms with Gasteiger partial charge in [-0.15, -0.1) is 16.4 Å². The lowest BCUT2D eigenvalue weighted by Gasteiger charge is -2.06. The van der Waals surface area contributed by atoms with Crippen LogP contribution in [0.4, 0.5) is 0 Å². The topological polar surface area (TPSA) is 30.7 Å². The van der Waals surface area contributed by atoms with Crippen molar-refractivity contribution in [1.82, 2.24) is 15.0 Å². The highest BCUT2D eigenvalue weighted by atomic mass is 32.1. The molecule has 1 aromatic carbocycles. The molecule has 0 spiro atoms. The maximum absolute atomic E-state index is 4.03. The van der Waals surface area contributed by atoms with Gasteiger partial charge < -0.3 is 0 Å². The number of para-hydroxylation sites is 1. The summed E-state index contributed by atoms with van der Waals surface area (Å²) in [6.45, 7) is 0. The van der Waals surface area contributed by atoms with Gasteiger partial charge in [0.05, 0.1) is 18.1 Å². The number of benzene rings is 1. The lowest BCUT2D eigenvalue weighted by atomic mass is 10.1. The molecule has 0 radical (unpaired) electrons. The lowest BCUT2D eigenvalue weighted by Crippen LogP contribution is -1.96. The maximum Gasteiger partial charge on any atom is 0.0750 e. The fourth-order valence-electron chi connectivity index (χ4n) is 1.65. The zero-order chi connectivity index (χ0) is 10.8. The molecule has 0 saturated heterocycles. The van der Waals surface area contributed by atoms with Crippen molar-refractivity contribution < 1.29 is 0 Å². The zero-order valence-electron chi connectivity index (χ0n) is 8.45. The maximum atomic E-state index is 4.03. The number of thiophene rings is 1. The molecule has 0 aliphatic carbocycles. The molecule has 0 bridgehead atoms. The molecule has 0 aliphatic heterocycles. The normalized spacial score (nSPS) is 10.5. The van der Waals surface area contributed by atoms with Crippen LogP contribution in [0.15, 0.2) is 54.2 Å². The van der Waals surface area contributed by atoms with Crippen LogP contribution in [0.1, 0.15) is 0 Å². The summed E-state index contributed by atoms with van der Waals surface area (Å²) in [7, 11) is 0. The Morgan fingerprint density at radius 2 is 2.00 bits per heavy atom. The predicted octanol–water partition coefficient (Wildman–Crippen LogP) is 3.00. The first-order valence-electron chi connectivity index (χ1n) is 4.95. The van der Waals surface area contributed by atoms with E-state index in [2.05, 4.69) is 33.9 Å². The highest BCUT2D eigenvalue weighted by molar-refractivity contribution is 7.13. The fraction of sp³-hybridized carbons (Fsp3) is 0. The molecular formula is C12H9N3S. The Bertz CT molecular complexity index is 517. The summed E-state index contributed by atoms with van der Waals surface area (Å²) in [5, 5.41) is 9.94. The van der Waals surface area contributed by atoms with Crippen molar-refractivity contribution in [3.8, 4) is 16.1 Å². The number of rotatable bonds is 2. The molecule has 0 saturated carbocycles. The molecule has 0 atom stereocenters. The number of aromatic nitrogens is 3. The first kappa shape index (κ1) is 9.30. The average Bonchev–Trinajstić information content (AvgIpc) is 3.03. The lowest BCUT2D eigenvalue weighted by molar-refractivity contribution is 0.805. The largest absolute Gasteiger partial charge is 0.220 e. The minimum Gasteiger partial charge on any atom is -0.220 e. The predicted molar refractivity (Wildman–Crippen MR) is 64.7 cm³/mol. The summed E-state index contributed by atoms with van der Waals surface area (Å²) in [5.41, 5.74) is 2.24. The minimum absolute atomic E-state index is 1.06. The third kappa shape index (κ3) is 1.53. The molecule has 2 aromatic heterocycles. The molecule has 4 heteroatoms. The van der Waals surface area contributed by atoms with Gasteiger partial charge in [0.15, 0.2) is 0 Å². The van der Waals surface area contributed by atoms with E-state index in [0.717, 1.165) is 5.69 Å². The Balaban J connectivity index is 2.19. The van der Waals surface area contributed by atoms with Gasteiger partial charge in [0, 0.05) is 10.4 Å². The number of hydrogen-bond donors (Lipinski definition) is 0. The number of hydrogen-bond acceptors (Lipinski definition) is 3. The van der Waals surface area contributed by atoms with Gasteiger partial charge in [-0.1, -0.05) is 29.5 Å². The molecule has 3 aromatic rings. The first-order valence-corrected chi connectivity index (χ1v) is 5.83. The first-order chi connectivity index (χ1) is 7.95. The van der Waals surface area contributed by atoms with E-state index in [1.165, 1.54) is 10.4 Å². The number of nitrogens with zero attached hydrogens (tertiary/aromatic N) is 3. The quantitative estimate of drug-likeness (QED) is 0.673. The molecular weight excluding hydrogens is 218 g/mol. The van der Waals surface area contributed by atoms with Crippen molar-refractivity contribution in [2.45, 2.75) is 0 Å². The van der Waals surface area contributed by atoms with Gasteiger partial charge in [0.2, 0.25) is 0 Å².